The van der Waals surface area contributed by atoms with E-state index in [1.165, 1.54) is 17.0 Å². The van der Waals surface area contributed by atoms with Crippen LogP contribution in [-0.4, -0.2) is 50.8 Å². The molecule has 3 rings (SSSR count). The van der Waals surface area contributed by atoms with Crippen LogP contribution in [0.4, 0.5) is 5.69 Å². The number of nitrogens with zero attached hydrogens (tertiary/aromatic N) is 2. The van der Waals surface area contributed by atoms with E-state index in [1.54, 1.807) is 31.2 Å². The number of benzene rings is 3. The average Bonchev–Trinajstić information content (AvgIpc) is 2.91. The molecule has 0 saturated heterocycles. The van der Waals surface area contributed by atoms with Crippen molar-refractivity contribution in [2.45, 2.75) is 52.0 Å². The first-order chi connectivity index (χ1) is 18.5. The molecule has 1 N–H and O–H groups in total. The van der Waals surface area contributed by atoms with Gasteiger partial charge in [0.05, 0.1) is 10.6 Å². The highest BCUT2D eigenvalue weighted by Crippen LogP contribution is 2.28. The standard InChI is InChI=1S/C31H39N3O4S/c1-23(2)21-32-31(36)26(5)33(19-18-27-12-8-6-9-13-27)30(35)22-34(29-17-16-24(3)20-25(29)4)39(37,38)28-14-10-7-11-15-28/h6-17,20,23,26H,18-19,21-22H2,1-5H3,(H,32,36). The molecule has 8 heteroatoms. The van der Waals surface area contributed by atoms with Crippen molar-refractivity contribution in [3.05, 3.63) is 95.6 Å². The molecular weight excluding hydrogens is 510 g/mol. The van der Waals surface area contributed by atoms with E-state index in [-0.39, 0.29) is 23.3 Å². The Morgan fingerprint density at radius 2 is 1.49 bits per heavy atom. The van der Waals surface area contributed by atoms with E-state index in [2.05, 4.69) is 5.32 Å². The number of anilines is 1. The minimum Gasteiger partial charge on any atom is -0.354 e. The fraction of sp³-hybridized carbons (Fsp3) is 0.355. The van der Waals surface area contributed by atoms with Crippen LogP contribution in [0.25, 0.3) is 0 Å². The number of amides is 2. The van der Waals surface area contributed by atoms with Gasteiger partial charge in [0.1, 0.15) is 12.6 Å². The summed E-state index contributed by atoms with van der Waals surface area (Å²) in [6.07, 6.45) is 0.531. The molecule has 1 unspecified atom stereocenters. The Hall–Kier alpha value is -3.65. The monoisotopic (exact) mass is 549 g/mol. The molecule has 1 atom stereocenters. The highest BCUT2D eigenvalue weighted by atomic mass is 32.2. The summed E-state index contributed by atoms with van der Waals surface area (Å²) < 4.78 is 28.9. The van der Waals surface area contributed by atoms with Gasteiger partial charge in [0.15, 0.2) is 0 Å². The van der Waals surface area contributed by atoms with Crippen molar-refractivity contribution >= 4 is 27.5 Å². The van der Waals surface area contributed by atoms with Crippen molar-refractivity contribution in [2.24, 2.45) is 5.92 Å². The van der Waals surface area contributed by atoms with Gasteiger partial charge in [0.2, 0.25) is 11.8 Å². The van der Waals surface area contributed by atoms with E-state index in [0.29, 0.717) is 18.7 Å². The summed E-state index contributed by atoms with van der Waals surface area (Å²) in [5, 5.41) is 2.91. The molecule has 0 fully saturated rings. The molecule has 0 aromatic heterocycles. The van der Waals surface area contributed by atoms with Crippen LogP contribution >= 0.6 is 0 Å². The molecule has 0 aliphatic carbocycles. The lowest BCUT2D eigenvalue weighted by Gasteiger charge is -2.32. The highest BCUT2D eigenvalue weighted by Gasteiger charge is 2.32. The van der Waals surface area contributed by atoms with Crippen molar-refractivity contribution < 1.29 is 18.0 Å². The summed E-state index contributed by atoms with van der Waals surface area (Å²) in [4.78, 5) is 28.5. The first-order valence-corrected chi connectivity index (χ1v) is 14.7. The van der Waals surface area contributed by atoms with E-state index in [0.717, 1.165) is 21.0 Å². The summed E-state index contributed by atoms with van der Waals surface area (Å²) in [5.41, 5.74) is 3.17. The molecule has 2 amide bonds. The third kappa shape index (κ3) is 7.93. The van der Waals surface area contributed by atoms with Gasteiger partial charge in [-0.1, -0.05) is 80.1 Å². The maximum absolute atomic E-state index is 13.9. The molecule has 7 nitrogen and oxygen atoms in total. The number of hydrogen-bond donors (Lipinski definition) is 1. The van der Waals surface area contributed by atoms with E-state index < -0.39 is 28.5 Å². The molecule has 3 aromatic rings. The van der Waals surface area contributed by atoms with E-state index in [4.69, 9.17) is 0 Å². The predicted molar refractivity (Wildman–Crippen MR) is 156 cm³/mol. The van der Waals surface area contributed by atoms with Gasteiger partial charge in [0.25, 0.3) is 10.0 Å². The van der Waals surface area contributed by atoms with Crippen LogP contribution in [0.2, 0.25) is 0 Å². The number of sulfonamides is 1. The van der Waals surface area contributed by atoms with Crippen LogP contribution in [0, 0.1) is 19.8 Å². The minimum atomic E-state index is -4.07. The second-order valence-corrected chi connectivity index (χ2v) is 12.1. The van der Waals surface area contributed by atoms with Gasteiger partial charge in [-0.3, -0.25) is 13.9 Å². The zero-order valence-corrected chi connectivity index (χ0v) is 24.2. The van der Waals surface area contributed by atoms with E-state index >= 15 is 0 Å². The second kappa shape index (κ2) is 13.4. The number of carbonyl (C=O) groups excluding carboxylic acids is 2. The molecule has 3 aromatic carbocycles. The van der Waals surface area contributed by atoms with Gasteiger partial charge in [-0.05, 0) is 62.4 Å². The smallest absolute Gasteiger partial charge is 0.264 e. The summed E-state index contributed by atoms with van der Waals surface area (Å²) in [5.74, 6) is -0.461. The topological polar surface area (TPSA) is 86.8 Å². The van der Waals surface area contributed by atoms with Crippen molar-refractivity contribution in [1.82, 2.24) is 10.2 Å². The lowest BCUT2D eigenvalue weighted by atomic mass is 10.1. The molecular formula is C31H39N3O4S. The Kier molecular flexibility index (Phi) is 10.3. The molecule has 0 spiro atoms. The van der Waals surface area contributed by atoms with Gasteiger partial charge in [-0.2, -0.15) is 0 Å². The van der Waals surface area contributed by atoms with Gasteiger partial charge in [-0.15, -0.1) is 0 Å². The number of hydrogen-bond acceptors (Lipinski definition) is 4. The van der Waals surface area contributed by atoms with E-state index in [1.807, 2.05) is 70.2 Å². The van der Waals surface area contributed by atoms with Crippen LogP contribution in [0.5, 0.6) is 0 Å². The molecule has 208 valence electrons. The third-order valence-corrected chi connectivity index (χ3v) is 8.34. The maximum atomic E-state index is 13.9. The van der Waals surface area contributed by atoms with Crippen LogP contribution in [0.3, 0.4) is 0 Å². The fourth-order valence-corrected chi connectivity index (χ4v) is 5.84. The quantitative estimate of drug-likeness (QED) is 0.354. The van der Waals surface area contributed by atoms with Crippen LogP contribution in [0.1, 0.15) is 37.5 Å². The molecule has 0 radical (unpaired) electrons. The summed E-state index contributed by atoms with van der Waals surface area (Å²) in [7, 11) is -4.07. The van der Waals surface area contributed by atoms with Crippen molar-refractivity contribution in [3.8, 4) is 0 Å². The van der Waals surface area contributed by atoms with Crippen LogP contribution in [0.15, 0.2) is 83.8 Å². The second-order valence-electron chi connectivity index (χ2n) is 10.3. The minimum absolute atomic E-state index is 0.0938. The van der Waals surface area contributed by atoms with Crippen LogP contribution in [-0.2, 0) is 26.0 Å². The Labute approximate surface area is 232 Å². The van der Waals surface area contributed by atoms with E-state index in [9.17, 15) is 18.0 Å². The maximum Gasteiger partial charge on any atom is 0.264 e. The number of aryl methyl sites for hydroxylation is 2. The number of nitrogens with one attached hydrogen (secondary N) is 1. The van der Waals surface area contributed by atoms with Crippen molar-refractivity contribution in [3.63, 3.8) is 0 Å². The number of carbonyl (C=O) groups is 2. The zero-order valence-electron chi connectivity index (χ0n) is 23.4. The lowest BCUT2D eigenvalue weighted by Crippen LogP contribution is -2.52. The molecule has 0 heterocycles. The average molecular weight is 550 g/mol. The highest BCUT2D eigenvalue weighted by molar-refractivity contribution is 7.92. The largest absolute Gasteiger partial charge is 0.354 e. The molecule has 0 aliphatic rings. The zero-order chi connectivity index (χ0) is 28.6. The predicted octanol–water partition coefficient (Wildman–Crippen LogP) is 4.73. The Balaban J connectivity index is 1.98. The van der Waals surface area contributed by atoms with Crippen LogP contribution < -0.4 is 9.62 Å². The molecule has 0 aliphatic heterocycles. The SMILES string of the molecule is Cc1ccc(N(CC(=O)N(CCc2ccccc2)C(C)C(=O)NCC(C)C)S(=O)(=O)c2ccccc2)c(C)c1. The van der Waals surface area contributed by atoms with Gasteiger partial charge < -0.3 is 10.2 Å². The molecule has 0 bridgehead atoms. The molecule has 39 heavy (non-hydrogen) atoms. The normalized spacial score (nSPS) is 12.2. The van der Waals surface area contributed by atoms with Gasteiger partial charge in [-0.25, -0.2) is 8.42 Å². The number of rotatable bonds is 12. The summed E-state index contributed by atoms with van der Waals surface area (Å²) >= 11 is 0. The van der Waals surface area contributed by atoms with Crippen molar-refractivity contribution in [1.29, 1.82) is 0 Å². The first kappa shape index (κ1) is 29.9. The van der Waals surface area contributed by atoms with Crippen molar-refractivity contribution in [2.75, 3.05) is 23.9 Å². The Bertz CT molecular complexity index is 1360. The van der Waals surface area contributed by atoms with Gasteiger partial charge >= 0.3 is 0 Å². The Morgan fingerprint density at radius 1 is 0.872 bits per heavy atom. The molecule has 0 saturated carbocycles. The lowest BCUT2D eigenvalue weighted by molar-refractivity contribution is -0.138. The summed E-state index contributed by atoms with van der Waals surface area (Å²) in [6.45, 7) is 9.77. The Morgan fingerprint density at radius 3 is 2.08 bits per heavy atom. The summed E-state index contributed by atoms with van der Waals surface area (Å²) in [6, 6.07) is 22.5. The third-order valence-electron chi connectivity index (χ3n) is 6.57. The first-order valence-electron chi connectivity index (χ1n) is 13.3. The fourth-order valence-electron chi connectivity index (χ4n) is 4.34. The van der Waals surface area contributed by atoms with Gasteiger partial charge in [0, 0.05) is 13.1 Å².